The maximum Gasteiger partial charge on any atom is 0.159 e. The van der Waals surface area contributed by atoms with Gasteiger partial charge in [0.1, 0.15) is 5.60 Å². The van der Waals surface area contributed by atoms with Crippen molar-refractivity contribution in [3.05, 3.63) is 35.4 Å². The summed E-state index contributed by atoms with van der Waals surface area (Å²) < 4.78 is 0. The lowest BCUT2D eigenvalue weighted by Gasteiger charge is -2.30. The van der Waals surface area contributed by atoms with Crippen LogP contribution >= 0.6 is 0 Å². The van der Waals surface area contributed by atoms with Gasteiger partial charge in [-0.2, -0.15) is 0 Å². The molecule has 0 unspecified atom stereocenters. The highest BCUT2D eigenvalue weighted by atomic mass is 17.2. The van der Waals surface area contributed by atoms with Gasteiger partial charge < -0.3 is 0 Å². The van der Waals surface area contributed by atoms with Crippen LogP contribution in [-0.4, -0.2) is 11.4 Å². The molecule has 1 rings (SSSR count). The molecule has 0 bridgehead atoms. The fourth-order valence-electron chi connectivity index (χ4n) is 1.44. The summed E-state index contributed by atoms with van der Waals surface area (Å²) in [6, 6.07) is 7.46. The van der Waals surface area contributed by atoms with Crippen molar-refractivity contribution in [2.75, 3.05) is 0 Å². The predicted octanol–water partition coefficient (Wildman–Crippen LogP) is 4.26. The molecule has 3 heteroatoms. The minimum Gasteiger partial charge on any atom is -0.295 e. The summed E-state index contributed by atoms with van der Waals surface area (Å²) in [4.78, 5) is 22.5. The lowest BCUT2D eigenvalue weighted by molar-refractivity contribution is -0.405. The van der Waals surface area contributed by atoms with Crippen molar-refractivity contribution in [1.82, 2.24) is 0 Å². The molecule has 0 aliphatic carbocycles. The first kappa shape index (κ1) is 15.9. The van der Waals surface area contributed by atoms with Gasteiger partial charge in [0.05, 0.1) is 5.60 Å². The summed E-state index contributed by atoms with van der Waals surface area (Å²) in [5.74, 6) is 0.0486. The first-order valence-corrected chi connectivity index (χ1v) is 6.66. The zero-order valence-electron chi connectivity index (χ0n) is 12.7. The summed E-state index contributed by atoms with van der Waals surface area (Å²) >= 11 is 0. The van der Waals surface area contributed by atoms with E-state index in [1.54, 1.807) is 13.0 Å². The maximum absolute atomic E-state index is 11.4. The minimum atomic E-state index is -0.599. The van der Waals surface area contributed by atoms with E-state index in [2.05, 4.69) is 0 Å². The maximum atomic E-state index is 11.4. The van der Waals surface area contributed by atoms with E-state index in [1.807, 2.05) is 52.8 Å². The number of ketones is 1. The Labute approximate surface area is 115 Å². The predicted molar refractivity (Wildman–Crippen MR) is 76.0 cm³/mol. The van der Waals surface area contributed by atoms with Gasteiger partial charge in [0, 0.05) is 5.56 Å². The van der Waals surface area contributed by atoms with Crippen molar-refractivity contribution < 1.29 is 14.6 Å². The molecule has 0 fully saturated rings. The molecule has 0 aromatic heterocycles. The molecule has 0 saturated carbocycles. The van der Waals surface area contributed by atoms with Gasteiger partial charge in [0.25, 0.3) is 0 Å². The van der Waals surface area contributed by atoms with Gasteiger partial charge in [-0.3, -0.25) is 4.79 Å². The SMILES string of the molecule is CCC(C)(C)OOC(C)(C)c1cccc(C(C)=O)c1. The number of carbonyl (C=O) groups excluding carboxylic acids is 1. The topological polar surface area (TPSA) is 35.5 Å². The number of hydrogen-bond acceptors (Lipinski definition) is 3. The smallest absolute Gasteiger partial charge is 0.159 e. The molecule has 0 atom stereocenters. The minimum absolute atomic E-state index is 0.0486. The first-order valence-electron chi connectivity index (χ1n) is 6.66. The van der Waals surface area contributed by atoms with Crippen LogP contribution in [0.2, 0.25) is 0 Å². The Hall–Kier alpha value is -1.19. The van der Waals surface area contributed by atoms with E-state index in [4.69, 9.17) is 9.78 Å². The second-order valence-corrected chi connectivity index (χ2v) is 5.93. The lowest BCUT2D eigenvalue weighted by Crippen LogP contribution is -2.30. The Morgan fingerprint density at radius 3 is 2.32 bits per heavy atom. The van der Waals surface area contributed by atoms with Crippen LogP contribution in [0.1, 0.15) is 63.9 Å². The van der Waals surface area contributed by atoms with E-state index >= 15 is 0 Å². The third kappa shape index (κ3) is 4.44. The molecular weight excluding hydrogens is 240 g/mol. The molecule has 0 heterocycles. The highest BCUT2D eigenvalue weighted by Gasteiger charge is 2.27. The number of benzene rings is 1. The Kier molecular flexibility index (Phi) is 4.88. The van der Waals surface area contributed by atoms with Gasteiger partial charge >= 0.3 is 0 Å². The average Bonchev–Trinajstić information content (AvgIpc) is 2.37. The van der Waals surface area contributed by atoms with Gasteiger partial charge in [-0.15, -0.1) is 0 Å². The van der Waals surface area contributed by atoms with Gasteiger partial charge in [0.2, 0.25) is 0 Å². The summed E-state index contributed by atoms with van der Waals surface area (Å²) in [5, 5.41) is 0. The highest BCUT2D eigenvalue weighted by molar-refractivity contribution is 5.94. The molecule has 0 aliphatic heterocycles. The third-order valence-electron chi connectivity index (χ3n) is 3.29. The fraction of sp³-hybridized carbons (Fsp3) is 0.562. The molecule has 19 heavy (non-hydrogen) atoms. The normalized spacial score (nSPS) is 12.5. The Bertz CT molecular complexity index is 447. The van der Waals surface area contributed by atoms with Crippen molar-refractivity contribution in [1.29, 1.82) is 0 Å². The van der Waals surface area contributed by atoms with Crippen LogP contribution in [0, 0.1) is 0 Å². The molecule has 0 N–H and O–H groups in total. The average molecular weight is 264 g/mol. The Morgan fingerprint density at radius 2 is 1.79 bits per heavy atom. The monoisotopic (exact) mass is 264 g/mol. The molecule has 0 amide bonds. The molecule has 3 nitrogen and oxygen atoms in total. The summed E-state index contributed by atoms with van der Waals surface area (Å²) in [6.07, 6.45) is 0.858. The van der Waals surface area contributed by atoms with Crippen LogP contribution in [0.4, 0.5) is 0 Å². The summed E-state index contributed by atoms with van der Waals surface area (Å²) in [6.45, 7) is 11.4. The zero-order valence-corrected chi connectivity index (χ0v) is 12.7. The van der Waals surface area contributed by atoms with Crippen molar-refractivity contribution in [2.24, 2.45) is 0 Å². The Morgan fingerprint density at radius 1 is 1.16 bits per heavy atom. The second kappa shape index (κ2) is 5.85. The highest BCUT2D eigenvalue weighted by Crippen LogP contribution is 2.28. The van der Waals surface area contributed by atoms with E-state index < -0.39 is 5.60 Å². The largest absolute Gasteiger partial charge is 0.295 e. The third-order valence-corrected chi connectivity index (χ3v) is 3.29. The van der Waals surface area contributed by atoms with Crippen molar-refractivity contribution >= 4 is 5.78 Å². The fourth-order valence-corrected chi connectivity index (χ4v) is 1.44. The van der Waals surface area contributed by atoms with E-state index in [9.17, 15) is 4.79 Å². The number of carbonyl (C=O) groups is 1. The van der Waals surface area contributed by atoms with E-state index in [0.717, 1.165) is 12.0 Å². The van der Waals surface area contributed by atoms with Crippen LogP contribution in [0.5, 0.6) is 0 Å². The van der Waals surface area contributed by atoms with Crippen molar-refractivity contribution in [2.45, 2.75) is 59.2 Å². The van der Waals surface area contributed by atoms with Crippen LogP contribution in [-0.2, 0) is 15.4 Å². The van der Waals surface area contributed by atoms with Gasteiger partial charge in [-0.25, -0.2) is 9.78 Å². The van der Waals surface area contributed by atoms with Crippen molar-refractivity contribution in [3.63, 3.8) is 0 Å². The quantitative estimate of drug-likeness (QED) is 0.437. The van der Waals surface area contributed by atoms with Crippen LogP contribution in [0.15, 0.2) is 24.3 Å². The first-order chi connectivity index (χ1) is 8.68. The lowest BCUT2D eigenvalue weighted by atomic mass is 9.95. The molecule has 0 saturated heterocycles. The Balaban J connectivity index is 2.88. The van der Waals surface area contributed by atoms with Gasteiger partial charge in [-0.1, -0.05) is 25.1 Å². The molecule has 1 aromatic carbocycles. The molecule has 1 aromatic rings. The molecule has 0 aliphatic rings. The van der Waals surface area contributed by atoms with Gasteiger partial charge in [-0.05, 0) is 52.7 Å². The molecule has 0 spiro atoms. The van der Waals surface area contributed by atoms with Crippen LogP contribution in [0.25, 0.3) is 0 Å². The summed E-state index contributed by atoms with van der Waals surface area (Å²) in [5.41, 5.74) is 0.684. The van der Waals surface area contributed by atoms with E-state index in [1.165, 1.54) is 0 Å². The van der Waals surface area contributed by atoms with E-state index in [0.29, 0.717) is 5.56 Å². The van der Waals surface area contributed by atoms with Crippen LogP contribution < -0.4 is 0 Å². The standard InChI is InChI=1S/C16H24O3/c1-7-15(3,4)18-19-16(5,6)14-10-8-9-13(11-14)12(2)17/h8-11H,7H2,1-6H3. The molecular formula is C16H24O3. The van der Waals surface area contributed by atoms with Crippen molar-refractivity contribution in [3.8, 4) is 0 Å². The van der Waals surface area contributed by atoms with E-state index in [-0.39, 0.29) is 11.4 Å². The summed E-state index contributed by atoms with van der Waals surface area (Å²) in [7, 11) is 0. The number of hydrogen-bond donors (Lipinski definition) is 0. The number of rotatable bonds is 6. The second-order valence-electron chi connectivity index (χ2n) is 5.93. The van der Waals surface area contributed by atoms with Crippen LogP contribution in [0.3, 0.4) is 0 Å². The zero-order chi connectivity index (χ0) is 14.7. The van der Waals surface area contributed by atoms with Gasteiger partial charge in [0.15, 0.2) is 5.78 Å². The molecule has 0 radical (unpaired) electrons. The number of Topliss-reactive ketones (excluding diaryl/α,β-unsaturated/α-hetero) is 1. The molecule has 106 valence electrons.